The number of nitrogens with two attached hydrogens (primary N) is 1. The van der Waals surface area contributed by atoms with E-state index in [2.05, 4.69) is 19.2 Å². The maximum absolute atomic E-state index is 12.6. The van der Waals surface area contributed by atoms with Crippen molar-refractivity contribution in [3.8, 4) is 0 Å². The summed E-state index contributed by atoms with van der Waals surface area (Å²) in [6.45, 7) is 9.58. The van der Waals surface area contributed by atoms with E-state index in [9.17, 15) is 9.59 Å². The molecule has 0 aliphatic heterocycles. The van der Waals surface area contributed by atoms with E-state index in [1.165, 1.54) is 0 Å². The molecule has 2 unspecified atom stereocenters. The molecule has 3 N–H and O–H groups in total. The average Bonchev–Trinajstić information content (AvgIpc) is 2.42. The lowest BCUT2D eigenvalue weighted by molar-refractivity contribution is -0.158. The first-order chi connectivity index (χ1) is 10.6. The number of benzene rings is 1. The quantitative estimate of drug-likeness (QED) is 0.788. The minimum absolute atomic E-state index is 0.389. The van der Waals surface area contributed by atoms with Crippen LogP contribution in [-0.4, -0.2) is 30.6 Å². The summed E-state index contributed by atoms with van der Waals surface area (Å²) in [4.78, 5) is 24.4. The first-order valence-corrected chi connectivity index (χ1v) is 7.86. The number of hydrogen-bond acceptors (Lipinski definition) is 4. The van der Waals surface area contributed by atoms with E-state index in [4.69, 9.17) is 10.5 Å². The molecule has 5 heteroatoms. The molecule has 1 aromatic rings. The zero-order chi connectivity index (χ0) is 17.8. The summed E-state index contributed by atoms with van der Waals surface area (Å²) in [6.07, 6.45) is 0. The standard InChI is InChI=1S/C18H28N2O3/c1-11(2)12-7-9-13(10-8-12)14(15(20-6)16(19)21)17(22)23-18(3,4)5/h7-11,14-15,20H,1-6H3,(H2,19,21). The van der Waals surface area contributed by atoms with Gasteiger partial charge in [0.1, 0.15) is 17.6 Å². The number of nitrogens with one attached hydrogen (secondary N) is 1. The molecule has 0 aliphatic carbocycles. The monoisotopic (exact) mass is 320 g/mol. The molecule has 2 atom stereocenters. The zero-order valence-corrected chi connectivity index (χ0v) is 14.8. The predicted molar refractivity (Wildman–Crippen MR) is 91.2 cm³/mol. The molecule has 128 valence electrons. The van der Waals surface area contributed by atoms with Crippen molar-refractivity contribution in [3.63, 3.8) is 0 Å². The molecule has 0 aromatic heterocycles. The molecule has 1 amide bonds. The molecular weight excluding hydrogens is 292 g/mol. The number of ether oxygens (including phenoxy) is 1. The lowest BCUT2D eigenvalue weighted by Crippen LogP contribution is -2.47. The van der Waals surface area contributed by atoms with Crippen molar-refractivity contribution in [1.82, 2.24) is 5.32 Å². The van der Waals surface area contributed by atoms with Crippen LogP contribution in [0.4, 0.5) is 0 Å². The number of primary amides is 1. The highest BCUT2D eigenvalue weighted by molar-refractivity contribution is 5.90. The summed E-state index contributed by atoms with van der Waals surface area (Å²) in [5.74, 6) is -1.44. The summed E-state index contributed by atoms with van der Waals surface area (Å²) in [6, 6.07) is 6.82. The predicted octanol–water partition coefficient (Wildman–Crippen LogP) is 2.31. The van der Waals surface area contributed by atoms with Gasteiger partial charge in [-0.05, 0) is 44.9 Å². The van der Waals surface area contributed by atoms with Crippen LogP contribution in [0.1, 0.15) is 57.6 Å². The Balaban J connectivity index is 3.22. The van der Waals surface area contributed by atoms with Crippen LogP contribution in [0.15, 0.2) is 24.3 Å². The fraction of sp³-hybridized carbons (Fsp3) is 0.556. The number of carbonyl (C=O) groups is 2. The highest BCUT2D eigenvalue weighted by Gasteiger charge is 2.36. The average molecular weight is 320 g/mol. The molecule has 0 heterocycles. The number of esters is 1. The van der Waals surface area contributed by atoms with E-state index >= 15 is 0 Å². The van der Waals surface area contributed by atoms with Crippen molar-refractivity contribution in [3.05, 3.63) is 35.4 Å². The topological polar surface area (TPSA) is 81.4 Å². The molecule has 0 spiro atoms. The van der Waals surface area contributed by atoms with E-state index in [1.807, 2.05) is 24.3 Å². The van der Waals surface area contributed by atoms with Crippen LogP contribution < -0.4 is 11.1 Å². The fourth-order valence-electron chi connectivity index (χ4n) is 2.39. The van der Waals surface area contributed by atoms with Crippen molar-refractivity contribution in [2.24, 2.45) is 5.73 Å². The van der Waals surface area contributed by atoms with Gasteiger partial charge in [-0.2, -0.15) is 0 Å². The van der Waals surface area contributed by atoms with Crippen LogP contribution in [0.25, 0.3) is 0 Å². The van der Waals surface area contributed by atoms with Crippen molar-refractivity contribution in [1.29, 1.82) is 0 Å². The van der Waals surface area contributed by atoms with E-state index in [0.29, 0.717) is 11.5 Å². The molecule has 0 aliphatic rings. The van der Waals surface area contributed by atoms with Crippen LogP contribution in [-0.2, 0) is 14.3 Å². The first-order valence-electron chi connectivity index (χ1n) is 7.86. The van der Waals surface area contributed by atoms with Gasteiger partial charge in [-0.25, -0.2) is 0 Å². The number of rotatable bonds is 6. The molecule has 5 nitrogen and oxygen atoms in total. The van der Waals surface area contributed by atoms with E-state index in [1.54, 1.807) is 27.8 Å². The van der Waals surface area contributed by atoms with Gasteiger partial charge >= 0.3 is 5.97 Å². The van der Waals surface area contributed by atoms with Gasteiger partial charge in [0, 0.05) is 0 Å². The molecule has 0 bridgehead atoms. The third-order valence-corrected chi connectivity index (χ3v) is 3.57. The minimum Gasteiger partial charge on any atom is -0.459 e. The normalized spacial score (nSPS) is 14.4. The van der Waals surface area contributed by atoms with Crippen molar-refractivity contribution in [2.75, 3.05) is 7.05 Å². The molecule has 1 rings (SSSR count). The highest BCUT2D eigenvalue weighted by atomic mass is 16.6. The Hall–Kier alpha value is -1.88. The number of hydrogen-bond donors (Lipinski definition) is 2. The smallest absolute Gasteiger partial charge is 0.316 e. The Morgan fingerprint density at radius 1 is 1.09 bits per heavy atom. The number of amides is 1. The third-order valence-electron chi connectivity index (χ3n) is 3.57. The van der Waals surface area contributed by atoms with Crippen LogP contribution in [0, 0.1) is 0 Å². The molecule has 0 radical (unpaired) electrons. The number of likely N-dealkylation sites (N-methyl/N-ethyl adjacent to an activating group) is 1. The van der Waals surface area contributed by atoms with Crippen molar-refractivity contribution < 1.29 is 14.3 Å². The molecule has 1 aromatic carbocycles. The maximum Gasteiger partial charge on any atom is 0.316 e. The SMILES string of the molecule is CNC(C(N)=O)C(C(=O)OC(C)(C)C)c1ccc(C(C)C)cc1. The first kappa shape index (κ1) is 19.2. The van der Waals surface area contributed by atoms with Crippen LogP contribution in [0.2, 0.25) is 0 Å². The van der Waals surface area contributed by atoms with Gasteiger partial charge in [-0.1, -0.05) is 38.1 Å². The summed E-state index contributed by atoms with van der Waals surface area (Å²) >= 11 is 0. The summed E-state index contributed by atoms with van der Waals surface area (Å²) in [7, 11) is 1.61. The Labute approximate surface area is 138 Å². The second-order valence-electron chi connectivity index (χ2n) is 7.00. The highest BCUT2D eigenvalue weighted by Crippen LogP contribution is 2.26. The summed E-state index contributed by atoms with van der Waals surface area (Å²) in [5, 5.41) is 2.83. The second-order valence-corrected chi connectivity index (χ2v) is 7.00. The van der Waals surface area contributed by atoms with Gasteiger partial charge < -0.3 is 15.8 Å². The zero-order valence-electron chi connectivity index (χ0n) is 14.8. The Bertz CT molecular complexity index is 544. The van der Waals surface area contributed by atoms with Gasteiger partial charge in [0.15, 0.2) is 0 Å². The lowest BCUT2D eigenvalue weighted by atomic mass is 9.89. The Kier molecular flexibility index (Phi) is 6.33. The van der Waals surface area contributed by atoms with E-state index in [-0.39, 0.29) is 0 Å². The van der Waals surface area contributed by atoms with Crippen molar-refractivity contribution in [2.45, 2.75) is 58.1 Å². The largest absolute Gasteiger partial charge is 0.459 e. The summed E-state index contributed by atoms with van der Waals surface area (Å²) in [5.41, 5.74) is 6.69. The van der Waals surface area contributed by atoms with E-state index in [0.717, 1.165) is 5.56 Å². The van der Waals surface area contributed by atoms with Crippen LogP contribution >= 0.6 is 0 Å². The molecule has 0 saturated heterocycles. The van der Waals surface area contributed by atoms with E-state index < -0.39 is 29.4 Å². The minimum atomic E-state index is -0.824. The number of carbonyl (C=O) groups excluding carboxylic acids is 2. The van der Waals surface area contributed by atoms with Gasteiger partial charge in [-0.3, -0.25) is 9.59 Å². The lowest BCUT2D eigenvalue weighted by Gasteiger charge is -2.28. The van der Waals surface area contributed by atoms with Crippen LogP contribution in [0.5, 0.6) is 0 Å². The summed E-state index contributed by atoms with van der Waals surface area (Å²) < 4.78 is 5.48. The third kappa shape index (κ3) is 5.36. The van der Waals surface area contributed by atoms with Gasteiger partial charge in [0.2, 0.25) is 5.91 Å². The van der Waals surface area contributed by atoms with Gasteiger partial charge in [0.05, 0.1) is 0 Å². The molecule has 0 saturated carbocycles. The molecule has 0 fully saturated rings. The van der Waals surface area contributed by atoms with Gasteiger partial charge in [0.25, 0.3) is 0 Å². The van der Waals surface area contributed by atoms with Crippen LogP contribution in [0.3, 0.4) is 0 Å². The Morgan fingerprint density at radius 3 is 1.91 bits per heavy atom. The molecule has 23 heavy (non-hydrogen) atoms. The Morgan fingerprint density at radius 2 is 1.57 bits per heavy atom. The van der Waals surface area contributed by atoms with Crippen molar-refractivity contribution >= 4 is 11.9 Å². The van der Waals surface area contributed by atoms with Gasteiger partial charge in [-0.15, -0.1) is 0 Å². The second kappa shape index (κ2) is 7.59. The fourth-order valence-corrected chi connectivity index (χ4v) is 2.39. The maximum atomic E-state index is 12.6. The molecular formula is C18H28N2O3.